The first-order chi connectivity index (χ1) is 19.6. The second-order valence-corrected chi connectivity index (χ2v) is 11.4. The number of carbonyl (C=O) groups excluding carboxylic acids is 3. The summed E-state index contributed by atoms with van der Waals surface area (Å²) in [4.78, 5) is 46.7. The number of carbonyl (C=O) groups is 3. The molecule has 0 unspecified atom stereocenters. The largest absolute Gasteiger partial charge is 0.448 e. The zero-order valence-corrected chi connectivity index (χ0v) is 22.9. The van der Waals surface area contributed by atoms with E-state index in [1.165, 1.54) is 28.0 Å². The molecule has 6 rings (SSSR count). The van der Waals surface area contributed by atoms with Gasteiger partial charge in [0.2, 0.25) is 5.91 Å². The number of thioether (sulfide) groups is 1. The van der Waals surface area contributed by atoms with Crippen molar-refractivity contribution in [3.8, 4) is 0 Å². The minimum Gasteiger partial charge on any atom is -0.448 e. The molecular formula is C31H25N3O4S2. The van der Waals surface area contributed by atoms with Gasteiger partial charge in [0.05, 0.1) is 16.8 Å². The van der Waals surface area contributed by atoms with Crippen LogP contribution in [-0.4, -0.2) is 44.8 Å². The van der Waals surface area contributed by atoms with Gasteiger partial charge in [0, 0.05) is 17.5 Å². The molecule has 1 saturated heterocycles. The van der Waals surface area contributed by atoms with Crippen molar-refractivity contribution < 1.29 is 19.1 Å². The third-order valence-electron chi connectivity index (χ3n) is 6.84. The van der Waals surface area contributed by atoms with Gasteiger partial charge < -0.3 is 10.1 Å². The van der Waals surface area contributed by atoms with Crippen LogP contribution in [0, 0.1) is 0 Å². The molecule has 9 heteroatoms. The lowest BCUT2D eigenvalue weighted by Gasteiger charge is -2.49. The standard InChI is InChI=1S/C31H25N3O4S2/c35-25(16-20-10-4-1-5-11-20)33-26-29(36)34-27(23(18-39-30(26)34)24-17-32-19-40-24)31(37)38-28(21-12-6-2-7-13-21)22-14-8-3-9-15-22/h1-15,17,19,26,28,30H,16,18H2,(H,33,35)/t26-,30-/m1/s1. The minimum atomic E-state index is -0.717. The van der Waals surface area contributed by atoms with Gasteiger partial charge in [-0.1, -0.05) is 91.0 Å². The van der Waals surface area contributed by atoms with Gasteiger partial charge in [-0.3, -0.25) is 19.5 Å². The summed E-state index contributed by atoms with van der Waals surface area (Å²) in [6.07, 6.45) is 1.22. The van der Waals surface area contributed by atoms with Crippen molar-refractivity contribution >= 4 is 46.5 Å². The summed E-state index contributed by atoms with van der Waals surface area (Å²) >= 11 is 2.92. The molecule has 1 N–H and O–H groups in total. The Balaban J connectivity index is 1.28. The fraction of sp³-hybridized carbons (Fsp3) is 0.161. The monoisotopic (exact) mass is 567 g/mol. The van der Waals surface area contributed by atoms with E-state index in [9.17, 15) is 14.4 Å². The van der Waals surface area contributed by atoms with Gasteiger partial charge in [-0.2, -0.15) is 0 Å². The van der Waals surface area contributed by atoms with Crippen LogP contribution >= 0.6 is 23.1 Å². The van der Waals surface area contributed by atoms with Crippen LogP contribution in [0.15, 0.2) is 108 Å². The second-order valence-electron chi connectivity index (χ2n) is 9.42. The highest BCUT2D eigenvalue weighted by Gasteiger charge is 2.55. The Hall–Kier alpha value is -4.21. The molecule has 0 spiro atoms. The van der Waals surface area contributed by atoms with Crippen LogP contribution < -0.4 is 5.32 Å². The SMILES string of the molecule is O=C(Cc1ccccc1)N[C@@H]1C(=O)N2C(C(=O)OC(c3ccccc3)c3ccccc3)=C(c3cncs3)CS[C@H]12. The summed E-state index contributed by atoms with van der Waals surface area (Å²) in [5.74, 6) is -0.676. The maximum atomic E-state index is 14.0. The van der Waals surface area contributed by atoms with E-state index >= 15 is 0 Å². The number of benzene rings is 3. The summed E-state index contributed by atoms with van der Waals surface area (Å²) in [7, 11) is 0. The molecule has 3 aromatic carbocycles. The molecule has 40 heavy (non-hydrogen) atoms. The van der Waals surface area contributed by atoms with Crippen molar-refractivity contribution in [2.45, 2.75) is 23.9 Å². The number of amides is 2. The number of nitrogens with one attached hydrogen (secondary N) is 1. The first kappa shape index (κ1) is 26.0. The van der Waals surface area contributed by atoms with Gasteiger partial charge in [-0.05, 0) is 16.7 Å². The predicted octanol–water partition coefficient (Wildman–Crippen LogP) is 4.83. The Labute approximate surface area is 239 Å². The molecule has 200 valence electrons. The molecule has 2 atom stereocenters. The molecule has 2 amide bonds. The van der Waals surface area contributed by atoms with Gasteiger partial charge in [0.25, 0.3) is 5.91 Å². The fourth-order valence-electron chi connectivity index (χ4n) is 4.91. The lowest BCUT2D eigenvalue weighted by Crippen LogP contribution is -2.70. The van der Waals surface area contributed by atoms with Crippen molar-refractivity contribution in [2.75, 3.05) is 5.75 Å². The minimum absolute atomic E-state index is 0.175. The quantitative estimate of drug-likeness (QED) is 0.242. The Morgan fingerprint density at radius 1 is 0.950 bits per heavy atom. The number of esters is 1. The van der Waals surface area contributed by atoms with Crippen LogP contribution in [0.3, 0.4) is 0 Å². The van der Waals surface area contributed by atoms with Crippen molar-refractivity contribution in [3.63, 3.8) is 0 Å². The van der Waals surface area contributed by atoms with Crippen LogP contribution in [0.5, 0.6) is 0 Å². The number of rotatable bonds is 8. The van der Waals surface area contributed by atoms with Crippen molar-refractivity contribution in [1.82, 2.24) is 15.2 Å². The topological polar surface area (TPSA) is 88.6 Å². The molecule has 1 fully saturated rings. The highest BCUT2D eigenvalue weighted by molar-refractivity contribution is 8.00. The zero-order valence-electron chi connectivity index (χ0n) is 21.3. The van der Waals surface area contributed by atoms with Gasteiger partial charge in [-0.15, -0.1) is 23.1 Å². The van der Waals surface area contributed by atoms with Crippen LogP contribution in [0.2, 0.25) is 0 Å². The first-order valence-corrected chi connectivity index (χ1v) is 14.7. The Morgan fingerprint density at radius 3 is 2.17 bits per heavy atom. The highest BCUT2D eigenvalue weighted by atomic mass is 32.2. The number of hydrogen-bond donors (Lipinski definition) is 1. The molecule has 3 heterocycles. The summed E-state index contributed by atoms with van der Waals surface area (Å²) in [5.41, 5.74) is 5.13. The number of ether oxygens (including phenoxy) is 1. The van der Waals surface area contributed by atoms with Crippen LogP contribution in [0.4, 0.5) is 0 Å². The van der Waals surface area contributed by atoms with Crippen molar-refractivity contribution in [1.29, 1.82) is 0 Å². The van der Waals surface area contributed by atoms with Crippen molar-refractivity contribution in [2.24, 2.45) is 0 Å². The Kier molecular flexibility index (Phi) is 7.48. The third-order valence-corrected chi connectivity index (χ3v) is 8.96. The van der Waals surface area contributed by atoms with E-state index in [2.05, 4.69) is 10.3 Å². The van der Waals surface area contributed by atoms with Gasteiger partial charge in [-0.25, -0.2) is 4.79 Å². The van der Waals surface area contributed by atoms with Crippen LogP contribution in [0.25, 0.3) is 5.57 Å². The second kappa shape index (κ2) is 11.5. The number of aromatic nitrogens is 1. The lowest BCUT2D eigenvalue weighted by atomic mass is 10.00. The number of β-lactam (4-membered cyclic amide) rings is 1. The van der Waals surface area contributed by atoms with Crippen LogP contribution in [0.1, 0.15) is 27.7 Å². The van der Waals surface area contributed by atoms with Gasteiger partial charge >= 0.3 is 5.97 Å². The summed E-state index contributed by atoms with van der Waals surface area (Å²) in [6.45, 7) is 0. The molecule has 7 nitrogen and oxygen atoms in total. The average molecular weight is 568 g/mol. The lowest BCUT2D eigenvalue weighted by molar-refractivity contribution is -0.154. The average Bonchev–Trinajstić information content (AvgIpc) is 3.54. The Bertz CT molecular complexity index is 1500. The normalized spacial score (nSPS) is 18.2. The van der Waals surface area contributed by atoms with Crippen molar-refractivity contribution in [3.05, 3.63) is 130 Å². The van der Waals surface area contributed by atoms with Gasteiger partial charge in [0.1, 0.15) is 17.1 Å². The van der Waals surface area contributed by atoms with Crippen LogP contribution in [-0.2, 0) is 25.5 Å². The smallest absolute Gasteiger partial charge is 0.356 e. The molecule has 2 aliphatic heterocycles. The fourth-order valence-corrected chi connectivity index (χ4v) is 7.04. The number of hydrogen-bond acceptors (Lipinski definition) is 7. The molecule has 0 aliphatic carbocycles. The maximum Gasteiger partial charge on any atom is 0.356 e. The molecule has 1 aromatic heterocycles. The predicted molar refractivity (Wildman–Crippen MR) is 155 cm³/mol. The highest BCUT2D eigenvalue weighted by Crippen LogP contribution is 2.45. The zero-order chi connectivity index (χ0) is 27.5. The maximum absolute atomic E-state index is 14.0. The summed E-state index contributed by atoms with van der Waals surface area (Å²) in [5, 5.41) is 2.48. The van der Waals surface area contributed by atoms with E-state index in [1.807, 2.05) is 91.0 Å². The number of thiazole rings is 1. The van der Waals surface area contributed by atoms with E-state index in [1.54, 1.807) is 11.7 Å². The molecule has 2 aliphatic rings. The summed E-state index contributed by atoms with van der Waals surface area (Å²) in [6, 6.07) is 27.7. The van der Waals surface area contributed by atoms with E-state index in [0.29, 0.717) is 11.3 Å². The Morgan fingerprint density at radius 2 is 1.57 bits per heavy atom. The van der Waals surface area contributed by atoms with E-state index in [4.69, 9.17) is 4.74 Å². The van der Waals surface area contributed by atoms with Gasteiger partial charge in [0.15, 0.2) is 6.10 Å². The first-order valence-electron chi connectivity index (χ1n) is 12.8. The summed E-state index contributed by atoms with van der Waals surface area (Å²) < 4.78 is 6.18. The van der Waals surface area contributed by atoms with E-state index in [0.717, 1.165) is 21.6 Å². The molecule has 0 bridgehead atoms. The van der Waals surface area contributed by atoms with E-state index < -0.39 is 23.5 Å². The molecule has 4 aromatic rings. The number of nitrogens with zero attached hydrogens (tertiary/aromatic N) is 2. The number of fused-ring (bicyclic) bond motifs is 1. The molecule has 0 radical (unpaired) electrons. The van der Waals surface area contributed by atoms with E-state index in [-0.39, 0.29) is 23.9 Å². The molecular weight excluding hydrogens is 542 g/mol. The third kappa shape index (κ3) is 5.17. The molecule has 0 saturated carbocycles.